The van der Waals surface area contributed by atoms with Crippen LogP contribution in [0.5, 0.6) is 0 Å². The average Bonchev–Trinajstić information content (AvgIpc) is 2.56. The van der Waals surface area contributed by atoms with Crippen molar-refractivity contribution in [3.63, 3.8) is 0 Å². The highest BCUT2D eigenvalue weighted by molar-refractivity contribution is 7.11. The van der Waals surface area contributed by atoms with Crippen LogP contribution in [0.1, 0.15) is 28.9 Å². The van der Waals surface area contributed by atoms with E-state index in [0.29, 0.717) is 6.42 Å². The van der Waals surface area contributed by atoms with Gasteiger partial charge in [0, 0.05) is 30.8 Å². The van der Waals surface area contributed by atoms with Crippen LogP contribution in [0.25, 0.3) is 0 Å². The predicted molar refractivity (Wildman–Crippen MR) is 56.5 cm³/mol. The molecule has 0 aromatic carbocycles. The minimum Gasteiger partial charge on any atom is -0.311 e. The van der Waals surface area contributed by atoms with Gasteiger partial charge in [0.15, 0.2) is 0 Å². The van der Waals surface area contributed by atoms with Crippen molar-refractivity contribution in [3.05, 3.63) is 15.6 Å². The second-order valence-corrected chi connectivity index (χ2v) is 5.14. The number of nitrogens with zero attached hydrogens (tertiary/aromatic N) is 1. The van der Waals surface area contributed by atoms with Crippen LogP contribution in [0, 0.1) is 0 Å². The lowest BCUT2D eigenvalue weighted by atomic mass is 10.2. The lowest BCUT2D eigenvalue weighted by Gasteiger charge is -2.09. The number of nitrogens with one attached hydrogen (secondary N) is 1. The van der Waals surface area contributed by atoms with Gasteiger partial charge in [0.1, 0.15) is 0 Å². The number of aryl methyl sites for hydroxylation is 1. The first kappa shape index (κ1) is 11.0. The molecule has 0 unspecified atom stereocenters. The maximum Gasteiger partial charge on any atom is 0.245 e. The van der Waals surface area contributed by atoms with Crippen LogP contribution in [-0.4, -0.2) is 17.5 Å². The van der Waals surface area contributed by atoms with Gasteiger partial charge in [0.05, 0.1) is 10.7 Å². The fourth-order valence-electron chi connectivity index (χ4n) is 1.61. The summed E-state index contributed by atoms with van der Waals surface area (Å²) in [5.41, 5.74) is 1.06. The van der Waals surface area contributed by atoms with Crippen LogP contribution >= 0.6 is 11.3 Å². The molecular formula is C10H14F2N2S. The molecule has 2 rings (SSSR count). The average molecular weight is 232 g/mol. The monoisotopic (exact) mass is 232 g/mol. The second-order valence-electron chi connectivity index (χ2n) is 3.97. The van der Waals surface area contributed by atoms with Gasteiger partial charge in [0.25, 0.3) is 0 Å². The van der Waals surface area contributed by atoms with Crippen molar-refractivity contribution in [3.8, 4) is 0 Å². The van der Waals surface area contributed by atoms with Gasteiger partial charge in [-0.05, 0) is 13.3 Å². The topological polar surface area (TPSA) is 24.9 Å². The number of rotatable bonds is 3. The summed E-state index contributed by atoms with van der Waals surface area (Å²) >= 11 is 1.59. The molecule has 0 fully saturated rings. The van der Waals surface area contributed by atoms with Gasteiger partial charge in [-0.15, -0.1) is 11.3 Å². The second kappa shape index (κ2) is 4.14. The van der Waals surface area contributed by atoms with Gasteiger partial charge in [-0.25, -0.2) is 13.8 Å². The number of hydrogen-bond acceptors (Lipinski definition) is 3. The third-order valence-corrected chi connectivity index (χ3v) is 3.64. The van der Waals surface area contributed by atoms with E-state index in [4.69, 9.17) is 0 Å². The Kier molecular flexibility index (Phi) is 3.02. The molecule has 0 spiro atoms. The number of hydrogen-bond donors (Lipinski definition) is 1. The van der Waals surface area contributed by atoms with Crippen molar-refractivity contribution < 1.29 is 8.78 Å². The van der Waals surface area contributed by atoms with Crippen molar-refractivity contribution in [2.75, 3.05) is 6.54 Å². The standard InChI is InChI=1S/C10H14F2N2S/c1-10(11,12)4-2-9-14-7-6-13-5-3-8(7)15-9/h13H,2-6H2,1H3. The normalized spacial score (nSPS) is 16.5. The molecule has 0 aliphatic carbocycles. The van der Waals surface area contributed by atoms with Crippen molar-refractivity contribution in [2.45, 2.75) is 38.7 Å². The molecule has 0 saturated carbocycles. The van der Waals surface area contributed by atoms with E-state index in [0.717, 1.165) is 37.1 Å². The van der Waals surface area contributed by atoms with Gasteiger partial charge in [0.2, 0.25) is 5.92 Å². The Labute approximate surface area is 91.7 Å². The highest BCUT2D eigenvalue weighted by Gasteiger charge is 2.22. The maximum absolute atomic E-state index is 12.7. The molecule has 0 amide bonds. The smallest absolute Gasteiger partial charge is 0.245 e. The molecule has 1 aliphatic heterocycles. The van der Waals surface area contributed by atoms with E-state index < -0.39 is 5.92 Å². The molecule has 84 valence electrons. The zero-order valence-corrected chi connectivity index (χ0v) is 9.46. The molecule has 0 bridgehead atoms. The summed E-state index contributed by atoms with van der Waals surface area (Å²) in [4.78, 5) is 5.64. The number of aromatic nitrogens is 1. The van der Waals surface area contributed by atoms with Gasteiger partial charge in [-0.3, -0.25) is 0 Å². The molecule has 0 radical (unpaired) electrons. The van der Waals surface area contributed by atoms with E-state index in [2.05, 4.69) is 10.3 Å². The van der Waals surface area contributed by atoms with E-state index >= 15 is 0 Å². The molecule has 1 aliphatic rings. The quantitative estimate of drug-likeness (QED) is 0.865. The molecule has 1 N–H and O–H groups in total. The summed E-state index contributed by atoms with van der Waals surface area (Å²) < 4.78 is 25.3. The molecule has 1 aromatic rings. The number of alkyl halides is 2. The largest absolute Gasteiger partial charge is 0.311 e. The Balaban J connectivity index is 2.01. The summed E-state index contributed by atoms with van der Waals surface area (Å²) in [6, 6.07) is 0. The van der Waals surface area contributed by atoms with Crippen molar-refractivity contribution in [1.82, 2.24) is 10.3 Å². The lowest BCUT2D eigenvalue weighted by Crippen LogP contribution is -2.22. The minimum atomic E-state index is -2.58. The zero-order valence-electron chi connectivity index (χ0n) is 8.65. The van der Waals surface area contributed by atoms with Crippen molar-refractivity contribution in [2.24, 2.45) is 0 Å². The Morgan fingerprint density at radius 3 is 3.00 bits per heavy atom. The molecule has 1 aromatic heterocycles. The maximum atomic E-state index is 12.7. The first-order valence-electron chi connectivity index (χ1n) is 5.10. The molecule has 2 heterocycles. The van der Waals surface area contributed by atoms with Crippen molar-refractivity contribution >= 4 is 11.3 Å². The fourth-order valence-corrected chi connectivity index (χ4v) is 2.70. The highest BCUT2D eigenvalue weighted by atomic mass is 32.1. The summed E-state index contributed by atoms with van der Waals surface area (Å²) in [6.45, 7) is 2.72. The van der Waals surface area contributed by atoms with E-state index in [1.165, 1.54) is 4.88 Å². The van der Waals surface area contributed by atoms with Crippen LogP contribution < -0.4 is 5.32 Å². The van der Waals surface area contributed by atoms with E-state index in [-0.39, 0.29) is 6.42 Å². The summed E-state index contributed by atoms with van der Waals surface area (Å²) in [7, 11) is 0. The van der Waals surface area contributed by atoms with Gasteiger partial charge in [-0.2, -0.15) is 0 Å². The Morgan fingerprint density at radius 2 is 2.33 bits per heavy atom. The number of fused-ring (bicyclic) bond motifs is 1. The van der Waals surface area contributed by atoms with Crippen molar-refractivity contribution in [1.29, 1.82) is 0 Å². The van der Waals surface area contributed by atoms with E-state index in [1.807, 2.05) is 0 Å². The molecule has 2 nitrogen and oxygen atoms in total. The van der Waals surface area contributed by atoms with Gasteiger partial charge < -0.3 is 5.32 Å². The highest BCUT2D eigenvalue weighted by Crippen LogP contribution is 2.25. The predicted octanol–water partition coefficient (Wildman–Crippen LogP) is 2.38. The Hall–Kier alpha value is -0.550. The molecule has 5 heteroatoms. The lowest BCUT2D eigenvalue weighted by molar-refractivity contribution is 0.0133. The van der Waals surface area contributed by atoms with Crippen LogP contribution in [0.15, 0.2) is 0 Å². The van der Waals surface area contributed by atoms with E-state index in [9.17, 15) is 8.78 Å². The third-order valence-electron chi connectivity index (χ3n) is 2.42. The summed E-state index contributed by atoms with van der Waals surface area (Å²) in [5.74, 6) is -2.58. The van der Waals surface area contributed by atoms with E-state index in [1.54, 1.807) is 11.3 Å². The fraction of sp³-hybridized carbons (Fsp3) is 0.700. The number of halogens is 2. The Morgan fingerprint density at radius 1 is 1.53 bits per heavy atom. The van der Waals surface area contributed by atoms with Crippen LogP contribution in [0.4, 0.5) is 8.78 Å². The van der Waals surface area contributed by atoms with Crippen LogP contribution in [-0.2, 0) is 19.4 Å². The molecule has 0 atom stereocenters. The number of thiazole rings is 1. The zero-order chi connectivity index (χ0) is 10.9. The van der Waals surface area contributed by atoms with Gasteiger partial charge in [-0.1, -0.05) is 0 Å². The summed E-state index contributed by atoms with van der Waals surface area (Å²) in [5, 5.41) is 4.07. The first-order chi connectivity index (χ1) is 7.04. The van der Waals surface area contributed by atoms with Crippen LogP contribution in [0.2, 0.25) is 0 Å². The van der Waals surface area contributed by atoms with Gasteiger partial charge >= 0.3 is 0 Å². The Bertz CT molecular complexity index is 320. The molecule has 0 saturated heterocycles. The SMILES string of the molecule is CC(F)(F)CCc1nc2c(s1)CCNC2. The molecule has 15 heavy (non-hydrogen) atoms. The third kappa shape index (κ3) is 2.95. The summed E-state index contributed by atoms with van der Waals surface area (Å²) in [6.07, 6.45) is 1.27. The van der Waals surface area contributed by atoms with Crippen LogP contribution in [0.3, 0.4) is 0 Å². The molecular weight excluding hydrogens is 218 g/mol. The first-order valence-corrected chi connectivity index (χ1v) is 5.92. The minimum absolute atomic E-state index is 0.104.